The van der Waals surface area contributed by atoms with Crippen molar-refractivity contribution in [2.24, 2.45) is 0 Å². The normalized spacial score (nSPS) is 19.0. The van der Waals surface area contributed by atoms with Crippen LogP contribution < -0.4 is 0 Å². The molecule has 0 aliphatic carbocycles. The Morgan fingerprint density at radius 3 is 1.29 bits per heavy atom. The number of rotatable bonds is 12. The Balaban J connectivity index is 3.11. The molecule has 0 saturated carbocycles. The summed E-state index contributed by atoms with van der Waals surface area (Å²) in [6, 6.07) is -0.972. The van der Waals surface area contributed by atoms with Crippen molar-refractivity contribution in [2.45, 2.75) is 32.2 Å². The Morgan fingerprint density at radius 2 is 1.00 bits per heavy atom. The zero-order valence-electron chi connectivity index (χ0n) is 19.6. The van der Waals surface area contributed by atoms with Gasteiger partial charge in [0.05, 0.1) is 19.6 Å². The maximum absolute atomic E-state index is 12.0. The van der Waals surface area contributed by atoms with E-state index in [1.165, 1.54) is 0 Å². The van der Waals surface area contributed by atoms with E-state index in [9.17, 15) is 44.4 Å². The third kappa shape index (κ3) is 12.0. The SMILES string of the molecule is CCC(=O)CCC(C(=O)O)N1CCN(CC(=O)O)CCN(CC(=O)O)CCN(CC(=O)O)CC1. The summed E-state index contributed by atoms with van der Waals surface area (Å²) in [7, 11) is 0. The zero-order valence-corrected chi connectivity index (χ0v) is 19.6. The Labute approximate surface area is 198 Å². The van der Waals surface area contributed by atoms with Crippen molar-refractivity contribution in [3.05, 3.63) is 0 Å². The van der Waals surface area contributed by atoms with E-state index in [2.05, 4.69) is 0 Å². The fourth-order valence-corrected chi connectivity index (χ4v) is 3.85. The van der Waals surface area contributed by atoms with Gasteiger partial charge in [-0.1, -0.05) is 6.92 Å². The van der Waals surface area contributed by atoms with E-state index < -0.39 is 29.9 Å². The molecule has 0 amide bonds. The fourth-order valence-electron chi connectivity index (χ4n) is 3.85. The number of carbonyl (C=O) groups excluding carboxylic acids is 1. The molecule has 194 valence electrons. The summed E-state index contributed by atoms with van der Waals surface area (Å²) < 4.78 is 0. The Bertz CT molecular complexity index is 686. The first kappa shape index (κ1) is 29.4. The molecule has 0 aromatic heterocycles. The van der Waals surface area contributed by atoms with Crippen LogP contribution in [-0.2, 0) is 24.0 Å². The molecule has 1 rings (SSSR count). The highest BCUT2D eigenvalue weighted by Gasteiger charge is 2.28. The fraction of sp³-hybridized carbons (Fsp3) is 0.762. The van der Waals surface area contributed by atoms with Crippen LogP contribution in [0.4, 0.5) is 0 Å². The molecule has 1 aliphatic rings. The number of Topliss-reactive ketones (excluding diaryl/α,β-unsaturated/α-hetero) is 1. The van der Waals surface area contributed by atoms with Crippen LogP contribution in [0.2, 0.25) is 0 Å². The highest BCUT2D eigenvalue weighted by atomic mass is 16.4. The van der Waals surface area contributed by atoms with Gasteiger partial charge in [-0.3, -0.25) is 43.6 Å². The van der Waals surface area contributed by atoms with Gasteiger partial charge in [0.1, 0.15) is 11.8 Å². The van der Waals surface area contributed by atoms with Gasteiger partial charge in [0.15, 0.2) is 0 Å². The van der Waals surface area contributed by atoms with E-state index >= 15 is 0 Å². The molecule has 4 N–H and O–H groups in total. The molecule has 1 atom stereocenters. The highest BCUT2D eigenvalue weighted by Crippen LogP contribution is 2.11. The van der Waals surface area contributed by atoms with Crippen LogP contribution in [-0.4, -0.2) is 148 Å². The predicted octanol–water partition coefficient (Wildman–Crippen LogP) is -1.33. The van der Waals surface area contributed by atoms with Crippen LogP contribution in [0.5, 0.6) is 0 Å². The van der Waals surface area contributed by atoms with Crippen LogP contribution in [0.15, 0.2) is 0 Å². The average molecular weight is 489 g/mol. The molecule has 13 nitrogen and oxygen atoms in total. The van der Waals surface area contributed by atoms with Crippen LogP contribution >= 0.6 is 0 Å². The van der Waals surface area contributed by atoms with Gasteiger partial charge in [0, 0.05) is 65.2 Å². The lowest BCUT2D eigenvalue weighted by Crippen LogP contribution is -2.51. The van der Waals surface area contributed by atoms with Gasteiger partial charge in [-0.2, -0.15) is 0 Å². The van der Waals surface area contributed by atoms with Crippen LogP contribution in [0, 0.1) is 0 Å². The average Bonchev–Trinajstić information content (AvgIpc) is 2.73. The van der Waals surface area contributed by atoms with Gasteiger partial charge >= 0.3 is 23.9 Å². The monoisotopic (exact) mass is 488 g/mol. The number of aliphatic carboxylic acids is 4. The molecule has 1 heterocycles. The molecule has 1 saturated heterocycles. The minimum atomic E-state index is -1.10. The molecule has 0 bridgehead atoms. The quantitative estimate of drug-likeness (QED) is 0.254. The Kier molecular flexibility index (Phi) is 13.3. The van der Waals surface area contributed by atoms with E-state index in [1.807, 2.05) is 0 Å². The number of carbonyl (C=O) groups is 5. The highest BCUT2D eigenvalue weighted by molar-refractivity contribution is 5.79. The Morgan fingerprint density at radius 1 is 0.647 bits per heavy atom. The van der Waals surface area contributed by atoms with Crippen LogP contribution in [0.1, 0.15) is 26.2 Å². The van der Waals surface area contributed by atoms with E-state index in [-0.39, 0.29) is 90.6 Å². The number of nitrogens with zero attached hydrogens (tertiary/aromatic N) is 4. The molecular weight excluding hydrogens is 452 g/mol. The molecule has 0 aromatic carbocycles. The lowest BCUT2D eigenvalue weighted by molar-refractivity contribution is -0.145. The van der Waals surface area contributed by atoms with Crippen molar-refractivity contribution in [3.8, 4) is 0 Å². The molecule has 1 fully saturated rings. The molecule has 0 aromatic rings. The third-order valence-electron chi connectivity index (χ3n) is 5.77. The second-order valence-corrected chi connectivity index (χ2v) is 8.33. The molecule has 1 unspecified atom stereocenters. The number of carboxylic acids is 4. The lowest BCUT2D eigenvalue weighted by Gasteiger charge is -2.35. The second kappa shape index (κ2) is 15.3. The smallest absolute Gasteiger partial charge is 0.320 e. The Hall–Kier alpha value is -2.61. The predicted molar refractivity (Wildman–Crippen MR) is 120 cm³/mol. The second-order valence-electron chi connectivity index (χ2n) is 8.33. The van der Waals surface area contributed by atoms with Gasteiger partial charge in [0.25, 0.3) is 0 Å². The van der Waals surface area contributed by atoms with Crippen molar-refractivity contribution in [3.63, 3.8) is 0 Å². The van der Waals surface area contributed by atoms with E-state index in [4.69, 9.17) is 0 Å². The topological polar surface area (TPSA) is 179 Å². The van der Waals surface area contributed by atoms with E-state index in [0.717, 1.165) is 0 Å². The standard InChI is InChI=1S/C21H36N4O9/c1-2-16(26)3-4-17(21(33)34)25-11-9-23(14-19(29)30)7-5-22(13-18(27)28)6-8-24(10-12-25)15-20(31)32/h17H,2-15H2,1H3,(H,27,28)(H,29,30)(H,31,32)(H,33,34). The minimum Gasteiger partial charge on any atom is -0.480 e. The van der Waals surface area contributed by atoms with Crippen molar-refractivity contribution >= 4 is 29.7 Å². The van der Waals surface area contributed by atoms with Crippen LogP contribution in [0.25, 0.3) is 0 Å². The summed E-state index contributed by atoms with van der Waals surface area (Å²) in [5.41, 5.74) is 0. The number of ketones is 1. The summed E-state index contributed by atoms with van der Waals surface area (Å²) in [4.78, 5) is 64.2. The maximum atomic E-state index is 12.0. The largest absolute Gasteiger partial charge is 0.480 e. The van der Waals surface area contributed by atoms with Gasteiger partial charge in [0.2, 0.25) is 0 Å². The molecule has 13 heteroatoms. The van der Waals surface area contributed by atoms with Gasteiger partial charge in [-0.05, 0) is 6.42 Å². The van der Waals surface area contributed by atoms with Crippen molar-refractivity contribution in [1.82, 2.24) is 19.6 Å². The van der Waals surface area contributed by atoms with Crippen LogP contribution in [0.3, 0.4) is 0 Å². The third-order valence-corrected chi connectivity index (χ3v) is 5.77. The number of carboxylic acid groups (broad SMARTS) is 4. The van der Waals surface area contributed by atoms with Gasteiger partial charge in [-0.25, -0.2) is 0 Å². The summed E-state index contributed by atoms with van der Waals surface area (Å²) in [5.74, 6) is -4.31. The van der Waals surface area contributed by atoms with E-state index in [1.54, 1.807) is 26.5 Å². The summed E-state index contributed by atoms with van der Waals surface area (Å²) in [6.45, 7) is 2.72. The zero-order chi connectivity index (χ0) is 25.7. The molecule has 34 heavy (non-hydrogen) atoms. The first-order valence-corrected chi connectivity index (χ1v) is 11.3. The number of hydrogen-bond donors (Lipinski definition) is 4. The van der Waals surface area contributed by atoms with Crippen molar-refractivity contribution in [1.29, 1.82) is 0 Å². The van der Waals surface area contributed by atoms with Crippen molar-refractivity contribution in [2.75, 3.05) is 72.0 Å². The summed E-state index contributed by atoms with van der Waals surface area (Å²) in [5, 5.41) is 37.5. The molecular formula is C21H36N4O9. The molecule has 0 radical (unpaired) electrons. The van der Waals surface area contributed by atoms with E-state index in [0.29, 0.717) is 6.42 Å². The molecule has 0 spiro atoms. The molecule has 1 aliphatic heterocycles. The van der Waals surface area contributed by atoms with Crippen molar-refractivity contribution < 1.29 is 44.4 Å². The van der Waals surface area contributed by atoms with Gasteiger partial charge < -0.3 is 20.4 Å². The maximum Gasteiger partial charge on any atom is 0.320 e. The number of hydrogen-bond acceptors (Lipinski definition) is 9. The van der Waals surface area contributed by atoms with Gasteiger partial charge in [-0.15, -0.1) is 0 Å². The minimum absolute atomic E-state index is 0.0564. The first-order chi connectivity index (χ1) is 16.0. The summed E-state index contributed by atoms with van der Waals surface area (Å²) in [6.07, 6.45) is 0.510. The first-order valence-electron chi connectivity index (χ1n) is 11.3. The lowest BCUT2D eigenvalue weighted by atomic mass is 10.1. The summed E-state index contributed by atoms with van der Waals surface area (Å²) >= 11 is 0.